The van der Waals surface area contributed by atoms with E-state index in [1.807, 2.05) is 0 Å². The second-order valence-electron chi connectivity index (χ2n) is 9.17. The Morgan fingerprint density at radius 3 is 2.32 bits per heavy atom. The Labute approximate surface area is 213 Å². The summed E-state index contributed by atoms with van der Waals surface area (Å²) in [4.78, 5) is 12.3. The number of rotatable bonds is 5. The van der Waals surface area contributed by atoms with Gasteiger partial charge in [0.25, 0.3) is 10.0 Å². The number of hydrogen-bond donors (Lipinski definition) is 1. The third kappa shape index (κ3) is 5.84. The van der Waals surface area contributed by atoms with Gasteiger partial charge in [-0.1, -0.05) is 18.2 Å². The SMILES string of the molecule is CC(C)(C)OC(=O)Nc1cc(-c2ccc(C#N)c(F)c2)n(-c2ccc(-c3cnn(S(C)(=O)=O)c3)cc2)n1. The molecule has 0 aliphatic heterocycles. The van der Waals surface area contributed by atoms with Crippen molar-refractivity contribution in [1.29, 1.82) is 5.26 Å². The highest BCUT2D eigenvalue weighted by atomic mass is 32.2. The van der Waals surface area contributed by atoms with Crippen LogP contribution in [0.1, 0.15) is 26.3 Å². The van der Waals surface area contributed by atoms with Crippen LogP contribution in [-0.2, 0) is 14.8 Å². The lowest BCUT2D eigenvalue weighted by Crippen LogP contribution is -2.27. The quantitative estimate of drug-likeness (QED) is 0.406. The summed E-state index contributed by atoms with van der Waals surface area (Å²) in [7, 11) is -3.51. The second kappa shape index (κ2) is 9.51. The maximum atomic E-state index is 14.4. The summed E-state index contributed by atoms with van der Waals surface area (Å²) in [5.41, 5.74) is 1.96. The van der Waals surface area contributed by atoms with Gasteiger partial charge in [-0.25, -0.2) is 22.3 Å². The van der Waals surface area contributed by atoms with Crippen molar-refractivity contribution in [3.63, 3.8) is 0 Å². The van der Waals surface area contributed by atoms with Crippen molar-refractivity contribution in [3.05, 3.63) is 72.3 Å². The molecule has 2 aromatic heterocycles. The monoisotopic (exact) mass is 522 g/mol. The zero-order valence-corrected chi connectivity index (χ0v) is 21.2. The van der Waals surface area contributed by atoms with Gasteiger partial charge in [-0.2, -0.15) is 14.4 Å². The van der Waals surface area contributed by atoms with Gasteiger partial charge in [-0.15, -0.1) is 5.10 Å². The van der Waals surface area contributed by atoms with Crippen LogP contribution in [0, 0.1) is 17.1 Å². The van der Waals surface area contributed by atoms with Crippen LogP contribution in [0.15, 0.2) is 60.9 Å². The highest BCUT2D eigenvalue weighted by Crippen LogP contribution is 2.29. The van der Waals surface area contributed by atoms with E-state index in [0.717, 1.165) is 10.3 Å². The summed E-state index contributed by atoms with van der Waals surface area (Å²) in [6.07, 6.45) is 3.21. The Morgan fingerprint density at radius 2 is 1.76 bits per heavy atom. The predicted octanol–water partition coefficient (Wildman–Crippen LogP) is 4.57. The first kappa shape index (κ1) is 25.6. The van der Waals surface area contributed by atoms with E-state index in [1.165, 1.54) is 29.2 Å². The van der Waals surface area contributed by atoms with E-state index in [-0.39, 0.29) is 11.4 Å². The summed E-state index contributed by atoms with van der Waals surface area (Å²) in [5.74, 6) is -0.514. The molecular formula is C25H23FN6O4S. The third-order valence-electron chi connectivity index (χ3n) is 5.07. The van der Waals surface area contributed by atoms with E-state index in [4.69, 9.17) is 10.00 Å². The number of halogens is 1. The molecule has 0 atom stereocenters. The molecule has 0 saturated carbocycles. The minimum atomic E-state index is -3.51. The lowest BCUT2D eigenvalue weighted by molar-refractivity contribution is 0.0635. The summed E-state index contributed by atoms with van der Waals surface area (Å²) in [6.45, 7) is 5.20. The molecule has 0 aliphatic rings. The molecule has 4 aromatic rings. The first-order valence-electron chi connectivity index (χ1n) is 11.0. The molecule has 4 rings (SSSR count). The normalized spacial score (nSPS) is 11.7. The van der Waals surface area contributed by atoms with Crippen LogP contribution in [0.5, 0.6) is 0 Å². The Balaban J connectivity index is 1.73. The van der Waals surface area contributed by atoms with E-state index >= 15 is 0 Å². The largest absolute Gasteiger partial charge is 0.444 e. The van der Waals surface area contributed by atoms with Gasteiger partial charge in [0.05, 0.1) is 35.6 Å². The smallest absolute Gasteiger partial charge is 0.413 e. The Hall–Kier alpha value is -4.50. The van der Waals surface area contributed by atoms with Crippen molar-refractivity contribution in [3.8, 4) is 34.1 Å². The van der Waals surface area contributed by atoms with Gasteiger partial charge in [0, 0.05) is 17.2 Å². The summed E-state index contributed by atoms with van der Waals surface area (Å²) < 4.78 is 45.5. The lowest BCUT2D eigenvalue weighted by Gasteiger charge is -2.19. The number of amides is 1. The van der Waals surface area contributed by atoms with Crippen LogP contribution in [-0.4, -0.2) is 45.3 Å². The molecule has 37 heavy (non-hydrogen) atoms. The zero-order valence-electron chi connectivity index (χ0n) is 20.4. The van der Waals surface area contributed by atoms with Gasteiger partial charge >= 0.3 is 6.09 Å². The molecule has 1 N–H and O–H groups in total. The molecule has 0 fully saturated rings. The van der Waals surface area contributed by atoms with E-state index in [0.29, 0.717) is 28.1 Å². The highest BCUT2D eigenvalue weighted by molar-refractivity contribution is 7.89. The number of nitrogens with zero attached hydrogens (tertiary/aromatic N) is 5. The van der Waals surface area contributed by atoms with E-state index < -0.39 is 27.5 Å². The van der Waals surface area contributed by atoms with Crippen LogP contribution < -0.4 is 5.32 Å². The van der Waals surface area contributed by atoms with Gasteiger partial charge in [0.1, 0.15) is 17.5 Å². The fourth-order valence-electron chi connectivity index (χ4n) is 3.45. The highest BCUT2D eigenvalue weighted by Gasteiger charge is 2.20. The maximum absolute atomic E-state index is 14.4. The van der Waals surface area contributed by atoms with E-state index in [9.17, 15) is 17.6 Å². The maximum Gasteiger partial charge on any atom is 0.413 e. The molecule has 0 unspecified atom stereocenters. The van der Waals surface area contributed by atoms with Gasteiger partial charge in [0.2, 0.25) is 0 Å². The summed E-state index contributed by atoms with van der Waals surface area (Å²) in [5, 5.41) is 20.0. The number of carbonyl (C=O) groups excluding carboxylic acids is 1. The van der Waals surface area contributed by atoms with Crippen LogP contribution in [0.2, 0.25) is 0 Å². The van der Waals surface area contributed by atoms with Crippen LogP contribution in [0.25, 0.3) is 28.1 Å². The molecule has 1 amide bonds. The van der Waals surface area contributed by atoms with Crippen molar-refractivity contribution in [2.75, 3.05) is 11.6 Å². The van der Waals surface area contributed by atoms with Gasteiger partial charge in [-0.3, -0.25) is 5.32 Å². The molecule has 10 nitrogen and oxygen atoms in total. The van der Waals surface area contributed by atoms with Crippen molar-refractivity contribution < 1.29 is 22.3 Å². The van der Waals surface area contributed by atoms with E-state index in [1.54, 1.807) is 63.2 Å². The minimum absolute atomic E-state index is 0.0964. The number of benzene rings is 2. The fourth-order valence-corrected chi connectivity index (χ4v) is 3.97. The minimum Gasteiger partial charge on any atom is -0.444 e. The molecular weight excluding hydrogens is 499 g/mol. The molecule has 0 radical (unpaired) electrons. The predicted molar refractivity (Wildman–Crippen MR) is 135 cm³/mol. The fraction of sp³-hybridized carbons (Fsp3) is 0.200. The van der Waals surface area contributed by atoms with Crippen molar-refractivity contribution in [1.82, 2.24) is 19.0 Å². The first-order valence-corrected chi connectivity index (χ1v) is 12.8. The molecule has 0 bridgehead atoms. The Morgan fingerprint density at radius 1 is 1.08 bits per heavy atom. The molecule has 2 heterocycles. The average molecular weight is 523 g/mol. The van der Waals surface area contributed by atoms with Crippen LogP contribution in [0.3, 0.4) is 0 Å². The van der Waals surface area contributed by atoms with Crippen molar-refractivity contribution >= 4 is 21.9 Å². The van der Waals surface area contributed by atoms with Gasteiger partial charge in [-0.05, 0) is 50.6 Å². The Kier molecular flexibility index (Phi) is 6.58. The van der Waals surface area contributed by atoms with Crippen LogP contribution >= 0.6 is 0 Å². The number of hydrogen-bond acceptors (Lipinski definition) is 7. The summed E-state index contributed by atoms with van der Waals surface area (Å²) in [6, 6.07) is 14.5. The van der Waals surface area contributed by atoms with Gasteiger partial charge < -0.3 is 4.74 Å². The topological polar surface area (TPSA) is 132 Å². The van der Waals surface area contributed by atoms with Gasteiger partial charge in [0.15, 0.2) is 5.82 Å². The molecule has 0 saturated heterocycles. The molecule has 0 aliphatic carbocycles. The third-order valence-corrected chi connectivity index (χ3v) is 5.95. The van der Waals surface area contributed by atoms with E-state index in [2.05, 4.69) is 15.5 Å². The number of aromatic nitrogens is 4. The molecule has 12 heteroatoms. The lowest BCUT2D eigenvalue weighted by atomic mass is 10.1. The standard InChI is InChI=1S/C25H23FN6O4S/c1-25(2,3)36-24(33)29-23-12-22(17-5-6-18(13-27)21(26)11-17)32(30-23)20-9-7-16(8-10-20)19-14-28-31(15-19)37(4,34)35/h5-12,14-15H,1-4H3,(H,29,30,33). The van der Waals surface area contributed by atoms with Crippen molar-refractivity contribution in [2.24, 2.45) is 0 Å². The molecule has 2 aromatic carbocycles. The number of ether oxygens (including phenoxy) is 1. The number of nitrogens with one attached hydrogen (secondary N) is 1. The first-order chi connectivity index (χ1) is 17.3. The zero-order chi connectivity index (χ0) is 27.0. The second-order valence-corrected chi connectivity index (χ2v) is 11.0. The molecule has 190 valence electrons. The summed E-state index contributed by atoms with van der Waals surface area (Å²) >= 11 is 0. The number of nitriles is 1. The molecule has 0 spiro atoms. The Bertz CT molecular complexity index is 1630. The average Bonchev–Trinajstić information content (AvgIpc) is 3.46. The number of carbonyl (C=O) groups is 1. The van der Waals surface area contributed by atoms with Crippen molar-refractivity contribution in [2.45, 2.75) is 26.4 Å². The number of anilines is 1. The van der Waals surface area contributed by atoms with Crippen LogP contribution in [0.4, 0.5) is 15.0 Å².